The van der Waals surface area contributed by atoms with Crippen LogP contribution < -0.4 is 0 Å². The van der Waals surface area contributed by atoms with Crippen LogP contribution >= 0.6 is 23.2 Å². The molecule has 1 N–H and O–H groups in total. The van der Waals surface area contributed by atoms with Crippen molar-refractivity contribution in [1.29, 1.82) is 0 Å². The smallest absolute Gasteiger partial charge is 0.255 e. The molecule has 0 bridgehead atoms. The second kappa shape index (κ2) is 8.19. The van der Waals surface area contributed by atoms with E-state index in [0.717, 1.165) is 18.7 Å². The molecule has 1 aliphatic rings. The minimum absolute atomic E-state index is 0.0788. The highest BCUT2D eigenvalue weighted by atomic mass is 35.5. The lowest BCUT2D eigenvalue weighted by Gasteiger charge is -2.35. The highest BCUT2D eigenvalue weighted by Gasteiger charge is 2.24. The summed E-state index contributed by atoms with van der Waals surface area (Å²) in [5, 5.41) is 11.2. The number of rotatable bonds is 4. The minimum atomic E-state index is -0.519. The predicted molar refractivity (Wildman–Crippen MR) is 100 cm³/mol. The van der Waals surface area contributed by atoms with Gasteiger partial charge < -0.3 is 10.0 Å². The Labute approximate surface area is 157 Å². The summed E-state index contributed by atoms with van der Waals surface area (Å²) in [7, 11) is 0. The third-order valence-corrected chi connectivity index (χ3v) is 4.98. The van der Waals surface area contributed by atoms with Gasteiger partial charge in [0.05, 0.1) is 16.7 Å². The van der Waals surface area contributed by atoms with Crippen molar-refractivity contribution in [1.82, 2.24) is 9.80 Å². The van der Waals surface area contributed by atoms with E-state index in [9.17, 15) is 9.90 Å². The number of aliphatic hydroxyl groups excluding tert-OH is 1. The summed E-state index contributed by atoms with van der Waals surface area (Å²) >= 11 is 12.0. The van der Waals surface area contributed by atoms with Gasteiger partial charge >= 0.3 is 0 Å². The van der Waals surface area contributed by atoms with Crippen LogP contribution in [0.2, 0.25) is 10.0 Å². The molecule has 1 saturated heterocycles. The van der Waals surface area contributed by atoms with Gasteiger partial charge in [-0.3, -0.25) is 9.69 Å². The maximum absolute atomic E-state index is 12.6. The first-order chi connectivity index (χ1) is 12.0. The molecule has 0 unspecified atom stereocenters. The zero-order valence-electron chi connectivity index (χ0n) is 13.7. The van der Waals surface area contributed by atoms with Gasteiger partial charge in [0, 0.05) is 37.7 Å². The van der Waals surface area contributed by atoms with E-state index in [-0.39, 0.29) is 5.91 Å². The first kappa shape index (κ1) is 18.2. The normalized spacial score (nSPS) is 16.7. The van der Waals surface area contributed by atoms with Gasteiger partial charge in [-0.15, -0.1) is 0 Å². The zero-order chi connectivity index (χ0) is 17.8. The van der Waals surface area contributed by atoms with Gasteiger partial charge in [0.2, 0.25) is 0 Å². The van der Waals surface area contributed by atoms with E-state index in [1.807, 2.05) is 30.3 Å². The van der Waals surface area contributed by atoms with Crippen molar-refractivity contribution in [3.63, 3.8) is 0 Å². The van der Waals surface area contributed by atoms with E-state index in [1.54, 1.807) is 23.1 Å². The molecule has 1 amide bonds. The standard InChI is InChI=1S/C19H20Cl2N2O2/c20-15-6-7-16(17(21)12-15)19(25)23-10-8-22(9-11-23)13-18(24)14-4-2-1-3-5-14/h1-7,12,18,24H,8-11,13H2/t18-/m0/s1. The summed E-state index contributed by atoms with van der Waals surface area (Å²) < 4.78 is 0. The van der Waals surface area contributed by atoms with Crippen LogP contribution in [0, 0.1) is 0 Å². The molecular formula is C19H20Cl2N2O2. The molecule has 3 rings (SSSR count). The molecular weight excluding hydrogens is 359 g/mol. The van der Waals surface area contributed by atoms with Gasteiger partial charge in [0.1, 0.15) is 0 Å². The number of hydrogen-bond donors (Lipinski definition) is 1. The number of aliphatic hydroxyl groups is 1. The van der Waals surface area contributed by atoms with Crippen LogP contribution in [0.5, 0.6) is 0 Å². The van der Waals surface area contributed by atoms with Gasteiger partial charge in [0.25, 0.3) is 5.91 Å². The lowest BCUT2D eigenvalue weighted by atomic mass is 10.1. The predicted octanol–water partition coefficient (Wildman–Crippen LogP) is 3.48. The molecule has 6 heteroatoms. The molecule has 1 heterocycles. The summed E-state index contributed by atoms with van der Waals surface area (Å²) in [4.78, 5) is 16.6. The third kappa shape index (κ3) is 4.53. The van der Waals surface area contributed by atoms with E-state index >= 15 is 0 Å². The number of halogens is 2. The van der Waals surface area contributed by atoms with Crippen molar-refractivity contribution in [2.45, 2.75) is 6.10 Å². The second-order valence-electron chi connectivity index (χ2n) is 6.14. The van der Waals surface area contributed by atoms with Crippen LogP contribution in [-0.2, 0) is 0 Å². The van der Waals surface area contributed by atoms with Crippen molar-refractivity contribution >= 4 is 29.1 Å². The average Bonchev–Trinajstić information content (AvgIpc) is 2.62. The molecule has 0 radical (unpaired) electrons. The molecule has 0 aliphatic carbocycles. The van der Waals surface area contributed by atoms with Crippen molar-refractivity contribution in [2.24, 2.45) is 0 Å². The van der Waals surface area contributed by atoms with Crippen molar-refractivity contribution < 1.29 is 9.90 Å². The largest absolute Gasteiger partial charge is 0.387 e. The Bertz CT molecular complexity index is 731. The second-order valence-corrected chi connectivity index (χ2v) is 6.99. The molecule has 0 aromatic heterocycles. The van der Waals surface area contributed by atoms with Gasteiger partial charge in [-0.05, 0) is 23.8 Å². The van der Waals surface area contributed by atoms with Crippen molar-refractivity contribution in [2.75, 3.05) is 32.7 Å². The van der Waals surface area contributed by atoms with Crippen LogP contribution in [0.4, 0.5) is 0 Å². The summed E-state index contributed by atoms with van der Waals surface area (Å²) in [6.07, 6.45) is -0.519. The van der Waals surface area contributed by atoms with Crippen LogP contribution in [0.3, 0.4) is 0 Å². The fourth-order valence-electron chi connectivity index (χ4n) is 2.99. The van der Waals surface area contributed by atoms with E-state index in [1.165, 1.54) is 0 Å². The van der Waals surface area contributed by atoms with E-state index < -0.39 is 6.10 Å². The molecule has 4 nitrogen and oxygen atoms in total. The molecule has 2 aromatic carbocycles. The van der Waals surface area contributed by atoms with Crippen LogP contribution in [-0.4, -0.2) is 53.5 Å². The third-order valence-electron chi connectivity index (χ3n) is 4.44. The number of carbonyl (C=O) groups is 1. The molecule has 1 aliphatic heterocycles. The monoisotopic (exact) mass is 378 g/mol. The van der Waals surface area contributed by atoms with E-state index in [2.05, 4.69) is 4.90 Å². The first-order valence-corrected chi connectivity index (χ1v) is 9.00. The highest BCUT2D eigenvalue weighted by Crippen LogP contribution is 2.23. The van der Waals surface area contributed by atoms with Gasteiger partial charge in [-0.2, -0.15) is 0 Å². The summed E-state index contributed by atoms with van der Waals surface area (Å²) in [5.41, 5.74) is 1.39. The maximum Gasteiger partial charge on any atom is 0.255 e. The molecule has 0 saturated carbocycles. The van der Waals surface area contributed by atoms with Crippen molar-refractivity contribution in [3.8, 4) is 0 Å². The Hall–Kier alpha value is -1.59. The number of piperazine rings is 1. The average molecular weight is 379 g/mol. The minimum Gasteiger partial charge on any atom is -0.387 e. The Morgan fingerprint density at radius 2 is 1.72 bits per heavy atom. The zero-order valence-corrected chi connectivity index (χ0v) is 15.2. The van der Waals surface area contributed by atoms with Crippen molar-refractivity contribution in [3.05, 3.63) is 69.7 Å². The Morgan fingerprint density at radius 1 is 1.04 bits per heavy atom. The van der Waals surface area contributed by atoms with Gasteiger partial charge in [-0.25, -0.2) is 0 Å². The summed E-state index contributed by atoms with van der Waals surface area (Å²) in [6, 6.07) is 14.5. The van der Waals surface area contributed by atoms with E-state index in [0.29, 0.717) is 35.2 Å². The lowest BCUT2D eigenvalue weighted by molar-refractivity contribution is 0.0527. The fourth-order valence-corrected chi connectivity index (χ4v) is 3.48. The van der Waals surface area contributed by atoms with Gasteiger partial charge in [-0.1, -0.05) is 53.5 Å². The Kier molecular flexibility index (Phi) is 5.97. The maximum atomic E-state index is 12.6. The number of carbonyl (C=O) groups excluding carboxylic acids is 1. The molecule has 2 aromatic rings. The number of β-amino-alcohol motifs (C(OH)–C–C–N with tert-alkyl or cyclic N) is 1. The molecule has 1 fully saturated rings. The van der Waals surface area contributed by atoms with Crippen LogP contribution in [0.25, 0.3) is 0 Å². The Balaban J connectivity index is 1.55. The highest BCUT2D eigenvalue weighted by molar-refractivity contribution is 6.36. The molecule has 25 heavy (non-hydrogen) atoms. The quantitative estimate of drug-likeness (QED) is 0.885. The Morgan fingerprint density at radius 3 is 2.36 bits per heavy atom. The number of amides is 1. The molecule has 0 spiro atoms. The molecule has 1 atom stereocenters. The molecule has 132 valence electrons. The summed E-state index contributed by atoms with van der Waals surface area (Å²) in [5.74, 6) is -0.0788. The SMILES string of the molecule is O=C(c1ccc(Cl)cc1Cl)N1CCN(C[C@H](O)c2ccccc2)CC1. The van der Waals surface area contributed by atoms with Gasteiger partial charge in [0.15, 0.2) is 0 Å². The number of hydrogen-bond acceptors (Lipinski definition) is 3. The van der Waals surface area contributed by atoms with Crippen LogP contribution in [0.15, 0.2) is 48.5 Å². The number of benzene rings is 2. The van der Waals surface area contributed by atoms with Crippen LogP contribution in [0.1, 0.15) is 22.0 Å². The topological polar surface area (TPSA) is 43.8 Å². The summed E-state index contributed by atoms with van der Waals surface area (Å²) in [6.45, 7) is 3.23. The number of nitrogens with zero attached hydrogens (tertiary/aromatic N) is 2. The lowest BCUT2D eigenvalue weighted by Crippen LogP contribution is -2.49. The first-order valence-electron chi connectivity index (χ1n) is 8.24. The fraction of sp³-hybridized carbons (Fsp3) is 0.316. The van der Waals surface area contributed by atoms with E-state index in [4.69, 9.17) is 23.2 Å².